The van der Waals surface area contributed by atoms with E-state index in [4.69, 9.17) is 23.2 Å². The molecule has 0 saturated carbocycles. The smallest absolute Gasteiger partial charge is 0.228 e. The third-order valence-electron chi connectivity index (χ3n) is 2.30. The van der Waals surface area contributed by atoms with Crippen molar-refractivity contribution in [2.24, 2.45) is 0 Å². The minimum absolute atomic E-state index is 0.124. The van der Waals surface area contributed by atoms with Gasteiger partial charge in [-0.3, -0.25) is 14.5 Å². The van der Waals surface area contributed by atoms with E-state index < -0.39 is 0 Å². The van der Waals surface area contributed by atoms with Gasteiger partial charge in [0.25, 0.3) is 0 Å². The highest BCUT2D eigenvalue weighted by atomic mass is 35.5. The maximum Gasteiger partial charge on any atom is 0.228 e. The van der Waals surface area contributed by atoms with Gasteiger partial charge in [0.15, 0.2) is 0 Å². The van der Waals surface area contributed by atoms with Gasteiger partial charge in [0.05, 0.1) is 0 Å². The summed E-state index contributed by atoms with van der Waals surface area (Å²) < 4.78 is 0. The van der Waals surface area contributed by atoms with Crippen molar-refractivity contribution in [1.82, 2.24) is 4.90 Å². The zero-order chi connectivity index (χ0) is 12.4. The highest BCUT2D eigenvalue weighted by Crippen LogP contribution is 2.05. The maximum absolute atomic E-state index is 11.5. The average Bonchev–Trinajstić information content (AvgIpc) is 2.28. The third-order valence-corrected chi connectivity index (χ3v) is 2.83. The molecule has 0 bridgehead atoms. The minimum atomic E-state index is -0.124. The number of amides is 2. The van der Waals surface area contributed by atoms with Gasteiger partial charge in [0.1, 0.15) is 0 Å². The summed E-state index contributed by atoms with van der Waals surface area (Å²) in [6.45, 7) is 0. The molecule has 0 rings (SSSR count). The normalized spacial score (nSPS) is 10.2. The standard InChI is InChI=1S/C11H19Cl2NO2/c1-14(10(15)6-2-4-8-12)11(16)7-3-5-9-13/h2-9H2,1H3. The first-order valence-corrected chi connectivity index (χ1v) is 6.61. The lowest BCUT2D eigenvalue weighted by molar-refractivity contribution is -0.143. The van der Waals surface area contributed by atoms with Crippen LogP contribution in [0.3, 0.4) is 0 Å². The molecule has 0 aliphatic rings. The molecule has 0 aromatic carbocycles. The Balaban J connectivity index is 3.78. The second kappa shape index (κ2) is 9.91. The summed E-state index contributed by atoms with van der Waals surface area (Å²) in [5.74, 6) is 0.864. The Morgan fingerprint density at radius 1 is 0.875 bits per heavy atom. The molecule has 0 aromatic heterocycles. The Hall–Kier alpha value is -0.280. The van der Waals surface area contributed by atoms with Crippen LogP contribution in [-0.4, -0.2) is 35.5 Å². The molecule has 0 fully saturated rings. The number of carbonyl (C=O) groups excluding carboxylic acids is 2. The van der Waals surface area contributed by atoms with Crippen molar-refractivity contribution >= 4 is 35.0 Å². The fraction of sp³-hybridized carbons (Fsp3) is 0.818. The number of unbranched alkanes of at least 4 members (excludes halogenated alkanes) is 2. The molecule has 0 aliphatic heterocycles. The molecular weight excluding hydrogens is 249 g/mol. The lowest BCUT2D eigenvalue weighted by atomic mass is 10.2. The first-order chi connectivity index (χ1) is 7.63. The zero-order valence-electron chi connectivity index (χ0n) is 9.68. The Labute approximate surface area is 107 Å². The zero-order valence-corrected chi connectivity index (χ0v) is 11.2. The van der Waals surface area contributed by atoms with E-state index >= 15 is 0 Å². The summed E-state index contributed by atoms with van der Waals surface area (Å²) in [6.07, 6.45) is 3.88. The molecule has 0 aromatic rings. The molecule has 5 heteroatoms. The van der Waals surface area contributed by atoms with E-state index in [1.165, 1.54) is 11.9 Å². The van der Waals surface area contributed by atoms with Crippen molar-refractivity contribution in [1.29, 1.82) is 0 Å². The maximum atomic E-state index is 11.5. The molecule has 0 N–H and O–H groups in total. The van der Waals surface area contributed by atoms with Crippen LogP contribution in [0.5, 0.6) is 0 Å². The van der Waals surface area contributed by atoms with Gasteiger partial charge in [-0.15, -0.1) is 23.2 Å². The first-order valence-electron chi connectivity index (χ1n) is 5.54. The van der Waals surface area contributed by atoms with Crippen molar-refractivity contribution in [3.63, 3.8) is 0 Å². The predicted molar refractivity (Wildman–Crippen MR) is 66.9 cm³/mol. The molecule has 16 heavy (non-hydrogen) atoms. The van der Waals surface area contributed by atoms with E-state index in [2.05, 4.69) is 0 Å². The molecule has 0 atom stereocenters. The van der Waals surface area contributed by atoms with Crippen LogP contribution < -0.4 is 0 Å². The van der Waals surface area contributed by atoms with Gasteiger partial charge < -0.3 is 0 Å². The van der Waals surface area contributed by atoms with Gasteiger partial charge in [0, 0.05) is 31.6 Å². The van der Waals surface area contributed by atoms with Crippen molar-refractivity contribution in [3.8, 4) is 0 Å². The molecule has 0 saturated heterocycles. The van der Waals surface area contributed by atoms with Crippen LogP contribution >= 0.6 is 23.2 Å². The molecular formula is C11H19Cl2NO2. The van der Waals surface area contributed by atoms with Crippen molar-refractivity contribution < 1.29 is 9.59 Å². The van der Waals surface area contributed by atoms with Crippen LogP contribution in [0.2, 0.25) is 0 Å². The van der Waals surface area contributed by atoms with E-state index in [1.807, 2.05) is 0 Å². The highest BCUT2D eigenvalue weighted by molar-refractivity contribution is 6.18. The number of imide groups is 1. The number of nitrogens with zero attached hydrogens (tertiary/aromatic N) is 1. The van der Waals surface area contributed by atoms with Crippen LogP contribution in [0.25, 0.3) is 0 Å². The van der Waals surface area contributed by atoms with Crippen LogP contribution in [-0.2, 0) is 9.59 Å². The molecule has 2 amide bonds. The van der Waals surface area contributed by atoms with Gasteiger partial charge in [0.2, 0.25) is 11.8 Å². The summed E-state index contributed by atoms with van der Waals surface area (Å²) in [5, 5.41) is 0. The summed E-state index contributed by atoms with van der Waals surface area (Å²) in [7, 11) is 1.53. The average molecular weight is 268 g/mol. The van der Waals surface area contributed by atoms with Gasteiger partial charge >= 0.3 is 0 Å². The van der Waals surface area contributed by atoms with E-state index in [0.29, 0.717) is 24.6 Å². The molecule has 94 valence electrons. The second-order valence-corrected chi connectivity index (χ2v) is 4.39. The number of hydrogen-bond acceptors (Lipinski definition) is 2. The lowest BCUT2D eigenvalue weighted by Gasteiger charge is -2.14. The van der Waals surface area contributed by atoms with E-state index in [9.17, 15) is 9.59 Å². The van der Waals surface area contributed by atoms with Gasteiger partial charge in [-0.1, -0.05) is 0 Å². The van der Waals surface area contributed by atoms with Crippen LogP contribution in [0.1, 0.15) is 38.5 Å². The SMILES string of the molecule is CN(C(=O)CCCCCl)C(=O)CCCCCl. The Morgan fingerprint density at radius 3 is 1.56 bits per heavy atom. The highest BCUT2D eigenvalue weighted by Gasteiger charge is 2.15. The summed E-state index contributed by atoms with van der Waals surface area (Å²) >= 11 is 11.0. The Bertz CT molecular complexity index is 200. The van der Waals surface area contributed by atoms with E-state index in [1.54, 1.807) is 0 Å². The fourth-order valence-electron chi connectivity index (χ4n) is 1.22. The number of halogens is 2. The quantitative estimate of drug-likeness (QED) is 0.501. The topological polar surface area (TPSA) is 37.4 Å². The molecule has 0 heterocycles. The molecule has 0 unspecified atom stereocenters. The fourth-order valence-corrected chi connectivity index (χ4v) is 1.59. The summed E-state index contributed by atoms with van der Waals surface area (Å²) in [5.41, 5.74) is 0. The summed E-state index contributed by atoms with van der Waals surface area (Å²) in [6, 6.07) is 0. The molecule has 0 aliphatic carbocycles. The monoisotopic (exact) mass is 267 g/mol. The first kappa shape index (κ1) is 15.7. The molecule has 0 radical (unpaired) electrons. The van der Waals surface area contributed by atoms with E-state index in [-0.39, 0.29) is 11.8 Å². The predicted octanol–water partition coefficient (Wildman–Crippen LogP) is 2.79. The van der Waals surface area contributed by atoms with Gasteiger partial charge in [-0.25, -0.2) is 0 Å². The van der Waals surface area contributed by atoms with Gasteiger partial charge in [-0.2, -0.15) is 0 Å². The minimum Gasteiger partial charge on any atom is -0.286 e. The van der Waals surface area contributed by atoms with Crippen LogP contribution in [0.15, 0.2) is 0 Å². The third kappa shape index (κ3) is 7.07. The second-order valence-electron chi connectivity index (χ2n) is 3.64. The largest absolute Gasteiger partial charge is 0.286 e. The number of carbonyl (C=O) groups is 2. The van der Waals surface area contributed by atoms with Crippen molar-refractivity contribution in [2.45, 2.75) is 38.5 Å². The molecule has 3 nitrogen and oxygen atoms in total. The van der Waals surface area contributed by atoms with Crippen molar-refractivity contribution in [2.75, 3.05) is 18.8 Å². The number of rotatable bonds is 8. The van der Waals surface area contributed by atoms with Crippen LogP contribution in [0, 0.1) is 0 Å². The number of alkyl halides is 2. The number of hydrogen-bond donors (Lipinski definition) is 0. The van der Waals surface area contributed by atoms with Gasteiger partial charge in [-0.05, 0) is 25.7 Å². The van der Waals surface area contributed by atoms with Crippen molar-refractivity contribution in [3.05, 3.63) is 0 Å². The molecule has 0 spiro atoms. The van der Waals surface area contributed by atoms with E-state index in [0.717, 1.165) is 25.7 Å². The summed E-state index contributed by atoms with van der Waals surface area (Å²) in [4.78, 5) is 24.3. The Morgan fingerprint density at radius 2 is 1.25 bits per heavy atom. The van der Waals surface area contributed by atoms with Crippen LogP contribution in [0.4, 0.5) is 0 Å². The Kier molecular flexibility index (Phi) is 9.74. The lowest BCUT2D eigenvalue weighted by Crippen LogP contribution is -2.32.